The molecular weight excluding hydrogens is 326 g/mol. The summed E-state index contributed by atoms with van der Waals surface area (Å²) >= 11 is 0. The van der Waals surface area contributed by atoms with Crippen LogP contribution >= 0.6 is 0 Å². The van der Waals surface area contributed by atoms with E-state index in [1.807, 2.05) is 30.3 Å². The Kier molecular flexibility index (Phi) is 5.42. The number of para-hydroxylation sites is 1. The maximum Gasteiger partial charge on any atom is 0.339 e. The van der Waals surface area contributed by atoms with Crippen LogP contribution in [0.15, 0.2) is 60.7 Å². The first-order valence-electron chi connectivity index (χ1n) is 8.68. The molecule has 3 rings (SSSR count). The van der Waals surface area contributed by atoms with Crippen LogP contribution < -0.4 is 0 Å². The smallest absolute Gasteiger partial charge is 0.339 e. The number of Topliss-reactive ketones (excluding diaryl/α,β-unsaturated/α-hetero) is 1. The molecule has 0 N–H and O–H groups in total. The lowest BCUT2D eigenvalue weighted by molar-refractivity contribution is 0.0476. The molecule has 0 radical (unpaired) electrons. The second kappa shape index (κ2) is 7.91. The minimum atomic E-state index is -0.502. The fraction of sp³-hybridized carbons (Fsp3) is 0.227. The molecule has 0 aliphatic heterocycles. The summed E-state index contributed by atoms with van der Waals surface area (Å²) in [4.78, 5) is 29.4. The normalized spacial score (nSPS) is 10.9. The summed E-state index contributed by atoms with van der Waals surface area (Å²) in [5.41, 5.74) is 2.58. The zero-order valence-electron chi connectivity index (χ0n) is 14.9. The fourth-order valence-corrected chi connectivity index (χ4v) is 2.84. The summed E-state index contributed by atoms with van der Waals surface area (Å²) in [6.07, 6.45) is 0.772. The predicted molar refractivity (Wildman–Crippen MR) is 101 cm³/mol. The predicted octanol–water partition coefficient (Wildman–Crippen LogP) is 4.47. The van der Waals surface area contributed by atoms with Crippen molar-refractivity contribution >= 4 is 22.7 Å². The van der Waals surface area contributed by atoms with Gasteiger partial charge in [-0.05, 0) is 24.5 Å². The van der Waals surface area contributed by atoms with Gasteiger partial charge in [-0.25, -0.2) is 4.79 Å². The van der Waals surface area contributed by atoms with E-state index in [2.05, 4.69) is 18.8 Å². The van der Waals surface area contributed by atoms with Gasteiger partial charge in [-0.1, -0.05) is 62.4 Å². The summed E-state index contributed by atoms with van der Waals surface area (Å²) in [6, 6.07) is 18.1. The molecule has 1 heterocycles. The van der Waals surface area contributed by atoms with E-state index >= 15 is 0 Å². The quantitative estimate of drug-likeness (QED) is 0.487. The maximum absolute atomic E-state index is 12.6. The van der Waals surface area contributed by atoms with Crippen molar-refractivity contribution in [2.24, 2.45) is 5.92 Å². The highest BCUT2D eigenvalue weighted by Gasteiger charge is 2.16. The zero-order chi connectivity index (χ0) is 18.5. The number of hydrogen-bond acceptors (Lipinski definition) is 4. The third-order valence-corrected chi connectivity index (χ3v) is 4.04. The van der Waals surface area contributed by atoms with Gasteiger partial charge in [0.25, 0.3) is 0 Å². The average molecular weight is 347 g/mol. The molecule has 0 aliphatic rings. The number of ketones is 1. The second-order valence-electron chi connectivity index (χ2n) is 6.64. The Balaban J connectivity index is 1.84. The Morgan fingerprint density at radius 1 is 1.00 bits per heavy atom. The summed E-state index contributed by atoms with van der Waals surface area (Å²) < 4.78 is 5.30. The highest BCUT2D eigenvalue weighted by molar-refractivity contribution is 6.05. The van der Waals surface area contributed by atoms with Crippen LogP contribution in [0, 0.1) is 5.92 Å². The maximum atomic E-state index is 12.6. The van der Waals surface area contributed by atoms with Crippen LogP contribution in [0.1, 0.15) is 40.3 Å². The van der Waals surface area contributed by atoms with Crippen LogP contribution in [0.3, 0.4) is 0 Å². The van der Waals surface area contributed by atoms with Crippen LogP contribution in [0.4, 0.5) is 0 Å². The van der Waals surface area contributed by atoms with E-state index in [4.69, 9.17) is 4.74 Å². The van der Waals surface area contributed by atoms with Gasteiger partial charge in [0, 0.05) is 16.6 Å². The standard InChI is InChI=1S/C22H21NO3/c1-15(2)12-17-13-19(18-10-6-7-11-20(18)23-17)22(25)26-14-21(24)16-8-4-3-5-9-16/h3-11,13,15H,12,14H2,1-2H3. The summed E-state index contributed by atoms with van der Waals surface area (Å²) in [6.45, 7) is 3.93. The zero-order valence-corrected chi connectivity index (χ0v) is 14.9. The Morgan fingerprint density at radius 2 is 1.69 bits per heavy atom. The van der Waals surface area contributed by atoms with Gasteiger partial charge in [0.15, 0.2) is 12.4 Å². The Morgan fingerprint density at radius 3 is 2.42 bits per heavy atom. The lowest BCUT2D eigenvalue weighted by Gasteiger charge is -2.11. The topological polar surface area (TPSA) is 56.3 Å². The first kappa shape index (κ1) is 17.8. The molecule has 1 aromatic heterocycles. The molecule has 132 valence electrons. The van der Waals surface area contributed by atoms with Crippen molar-refractivity contribution in [2.75, 3.05) is 6.61 Å². The number of pyridine rings is 1. The number of carbonyl (C=O) groups is 2. The van der Waals surface area contributed by atoms with Crippen molar-refractivity contribution in [1.82, 2.24) is 4.98 Å². The molecule has 0 atom stereocenters. The van der Waals surface area contributed by atoms with Crippen molar-refractivity contribution < 1.29 is 14.3 Å². The lowest BCUT2D eigenvalue weighted by Crippen LogP contribution is -2.15. The molecular formula is C22H21NO3. The monoisotopic (exact) mass is 347 g/mol. The SMILES string of the molecule is CC(C)Cc1cc(C(=O)OCC(=O)c2ccccc2)c2ccccc2n1. The van der Waals surface area contributed by atoms with E-state index in [0.29, 0.717) is 17.0 Å². The van der Waals surface area contributed by atoms with Gasteiger partial charge >= 0.3 is 5.97 Å². The molecule has 0 aliphatic carbocycles. The van der Waals surface area contributed by atoms with Crippen molar-refractivity contribution in [3.63, 3.8) is 0 Å². The van der Waals surface area contributed by atoms with Gasteiger partial charge in [0.2, 0.25) is 0 Å². The van der Waals surface area contributed by atoms with Gasteiger partial charge in [-0.3, -0.25) is 9.78 Å². The lowest BCUT2D eigenvalue weighted by atomic mass is 10.0. The second-order valence-corrected chi connectivity index (χ2v) is 6.64. The highest BCUT2D eigenvalue weighted by Crippen LogP contribution is 2.21. The van der Waals surface area contributed by atoms with E-state index in [1.165, 1.54) is 0 Å². The number of aromatic nitrogens is 1. The summed E-state index contributed by atoms with van der Waals surface area (Å²) in [5.74, 6) is -0.301. The van der Waals surface area contributed by atoms with Crippen molar-refractivity contribution in [3.05, 3.63) is 77.5 Å². The third-order valence-electron chi connectivity index (χ3n) is 4.04. The van der Waals surface area contributed by atoms with Gasteiger partial charge < -0.3 is 4.74 Å². The van der Waals surface area contributed by atoms with E-state index in [0.717, 1.165) is 23.0 Å². The first-order chi connectivity index (χ1) is 12.5. The number of hydrogen-bond donors (Lipinski definition) is 0. The van der Waals surface area contributed by atoms with E-state index in [-0.39, 0.29) is 12.4 Å². The fourth-order valence-electron chi connectivity index (χ4n) is 2.84. The van der Waals surface area contributed by atoms with Crippen molar-refractivity contribution in [2.45, 2.75) is 20.3 Å². The van der Waals surface area contributed by atoms with E-state index in [1.54, 1.807) is 30.3 Å². The minimum absolute atomic E-state index is 0.222. The van der Waals surface area contributed by atoms with Crippen LogP contribution in [-0.4, -0.2) is 23.3 Å². The number of ether oxygens (including phenoxy) is 1. The largest absolute Gasteiger partial charge is 0.454 e. The molecule has 0 spiro atoms. The number of fused-ring (bicyclic) bond motifs is 1. The van der Waals surface area contributed by atoms with Crippen molar-refractivity contribution in [3.8, 4) is 0 Å². The van der Waals surface area contributed by atoms with Gasteiger partial charge in [-0.15, -0.1) is 0 Å². The van der Waals surface area contributed by atoms with E-state index in [9.17, 15) is 9.59 Å². The van der Waals surface area contributed by atoms with Gasteiger partial charge in [-0.2, -0.15) is 0 Å². The molecule has 26 heavy (non-hydrogen) atoms. The van der Waals surface area contributed by atoms with Crippen LogP contribution in [0.2, 0.25) is 0 Å². The molecule has 0 bridgehead atoms. The van der Waals surface area contributed by atoms with Crippen molar-refractivity contribution in [1.29, 1.82) is 0 Å². The molecule has 3 aromatic rings. The van der Waals surface area contributed by atoms with Gasteiger partial charge in [0.1, 0.15) is 0 Å². The Labute approximate surface area is 152 Å². The van der Waals surface area contributed by atoms with Crippen LogP contribution in [-0.2, 0) is 11.2 Å². The number of benzene rings is 2. The summed E-state index contributed by atoms with van der Waals surface area (Å²) in [5, 5.41) is 0.733. The molecule has 0 amide bonds. The molecule has 0 saturated carbocycles. The minimum Gasteiger partial charge on any atom is -0.454 e. The Bertz CT molecular complexity index is 933. The number of rotatable bonds is 6. The Hall–Kier alpha value is -3.01. The average Bonchev–Trinajstić information content (AvgIpc) is 2.65. The molecule has 0 unspecified atom stereocenters. The van der Waals surface area contributed by atoms with Gasteiger partial charge in [0.05, 0.1) is 11.1 Å². The van der Waals surface area contributed by atoms with Crippen LogP contribution in [0.5, 0.6) is 0 Å². The molecule has 0 fully saturated rings. The number of esters is 1. The molecule has 0 saturated heterocycles. The number of nitrogens with zero attached hydrogens (tertiary/aromatic N) is 1. The highest BCUT2D eigenvalue weighted by atomic mass is 16.5. The van der Waals surface area contributed by atoms with E-state index < -0.39 is 5.97 Å². The summed E-state index contributed by atoms with van der Waals surface area (Å²) in [7, 11) is 0. The molecule has 4 heteroatoms. The third kappa shape index (κ3) is 4.14. The first-order valence-corrected chi connectivity index (χ1v) is 8.68. The van der Waals surface area contributed by atoms with Crippen LogP contribution in [0.25, 0.3) is 10.9 Å². The number of carbonyl (C=O) groups excluding carboxylic acids is 2. The molecule has 2 aromatic carbocycles. The molecule has 4 nitrogen and oxygen atoms in total.